The van der Waals surface area contributed by atoms with Crippen LogP contribution in [0.4, 0.5) is 10.1 Å². The number of halogens is 1. The first kappa shape index (κ1) is 22.3. The molecule has 2 amide bonds. The van der Waals surface area contributed by atoms with Crippen molar-refractivity contribution in [3.05, 3.63) is 96.4 Å². The normalized spacial score (nSPS) is 14.7. The second-order valence-corrected chi connectivity index (χ2v) is 8.21. The Balaban J connectivity index is 1.39. The maximum absolute atomic E-state index is 13.5. The topological polar surface area (TPSA) is 76.5 Å². The van der Waals surface area contributed by atoms with Crippen LogP contribution < -0.4 is 15.0 Å². The third kappa shape index (κ3) is 4.63. The smallest absolute Gasteiger partial charge is 0.263 e. The van der Waals surface area contributed by atoms with E-state index in [0.29, 0.717) is 17.1 Å². The molecule has 5 rings (SSSR count). The maximum atomic E-state index is 13.5. The van der Waals surface area contributed by atoms with Crippen LogP contribution in [0.3, 0.4) is 0 Å². The van der Waals surface area contributed by atoms with Gasteiger partial charge in [0.05, 0.1) is 23.6 Å². The second-order valence-electron chi connectivity index (χ2n) is 8.21. The van der Waals surface area contributed by atoms with E-state index >= 15 is 0 Å². The fraction of sp³-hybridized carbons (Fsp3) is 0.148. The molecule has 1 N–H and O–H groups in total. The molecule has 8 heteroatoms. The molecule has 0 saturated heterocycles. The standard InChI is InChI=1S/C27H23FN4O3/c1-18(33)31-17-25(35-24-10-6-5-9-23(24)31)27(34)29-15-20-16-32(22-7-3-2-4-8-22)30-26(20)19-11-13-21(28)14-12-19/h2-14,16,25H,15,17H2,1H3,(H,29,34)/t25-/m1/s1. The molecule has 3 aromatic carbocycles. The number of hydrogen-bond acceptors (Lipinski definition) is 4. The Morgan fingerprint density at radius 3 is 2.49 bits per heavy atom. The molecule has 0 spiro atoms. The van der Waals surface area contributed by atoms with Gasteiger partial charge < -0.3 is 15.0 Å². The third-order valence-electron chi connectivity index (χ3n) is 5.83. The summed E-state index contributed by atoms with van der Waals surface area (Å²) in [6, 6.07) is 22.8. The van der Waals surface area contributed by atoms with E-state index in [1.165, 1.54) is 19.1 Å². The lowest BCUT2D eigenvalue weighted by Gasteiger charge is -2.33. The SMILES string of the molecule is CC(=O)N1C[C@H](C(=O)NCc2cn(-c3ccccc3)nc2-c2ccc(F)cc2)Oc2ccccc21. The van der Waals surface area contributed by atoms with Crippen LogP contribution in [0.1, 0.15) is 12.5 Å². The number of aromatic nitrogens is 2. The van der Waals surface area contributed by atoms with Gasteiger partial charge in [0.2, 0.25) is 5.91 Å². The highest BCUT2D eigenvalue weighted by molar-refractivity contribution is 5.95. The summed E-state index contributed by atoms with van der Waals surface area (Å²) in [5, 5.41) is 7.61. The summed E-state index contributed by atoms with van der Waals surface area (Å²) in [6.45, 7) is 1.76. The van der Waals surface area contributed by atoms with Gasteiger partial charge in [-0.15, -0.1) is 0 Å². The number of nitrogens with zero attached hydrogens (tertiary/aromatic N) is 3. The molecule has 7 nitrogen and oxygen atoms in total. The predicted octanol–water partition coefficient (Wildman–Crippen LogP) is 4.11. The van der Waals surface area contributed by atoms with Gasteiger partial charge in [0.25, 0.3) is 5.91 Å². The van der Waals surface area contributed by atoms with Gasteiger partial charge in [-0.25, -0.2) is 9.07 Å². The van der Waals surface area contributed by atoms with Crippen LogP contribution in [-0.4, -0.2) is 34.2 Å². The summed E-state index contributed by atoms with van der Waals surface area (Å²) < 4.78 is 21.1. The van der Waals surface area contributed by atoms with Crippen molar-refractivity contribution in [1.82, 2.24) is 15.1 Å². The molecule has 35 heavy (non-hydrogen) atoms. The van der Waals surface area contributed by atoms with E-state index in [2.05, 4.69) is 5.32 Å². The molecule has 176 valence electrons. The molecule has 0 unspecified atom stereocenters. The summed E-state index contributed by atoms with van der Waals surface area (Å²) in [6.07, 6.45) is 0.986. The molecule has 0 fully saturated rings. The van der Waals surface area contributed by atoms with Crippen molar-refractivity contribution in [2.24, 2.45) is 0 Å². The first-order chi connectivity index (χ1) is 17.0. The molecule has 1 atom stereocenters. The Hall–Kier alpha value is -4.46. The van der Waals surface area contributed by atoms with Crippen molar-refractivity contribution >= 4 is 17.5 Å². The van der Waals surface area contributed by atoms with Crippen molar-refractivity contribution in [1.29, 1.82) is 0 Å². The van der Waals surface area contributed by atoms with Crippen LogP contribution in [0, 0.1) is 5.82 Å². The Morgan fingerprint density at radius 1 is 1.03 bits per heavy atom. The van der Waals surface area contributed by atoms with Crippen LogP contribution in [0.25, 0.3) is 16.9 Å². The summed E-state index contributed by atoms with van der Waals surface area (Å²) in [4.78, 5) is 26.8. The van der Waals surface area contributed by atoms with Crippen molar-refractivity contribution in [3.63, 3.8) is 0 Å². The number of para-hydroxylation sites is 3. The Morgan fingerprint density at radius 2 is 1.74 bits per heavy atom. The highest BCUT2D eigenvalue weighted by Crippen LogP contribution is 2.33. The number of amides is 2. The Labute approximate surface area is 201 Å². The largest absolute Gasteiger partial charge is 0.477 e. The molecule has 2 heterocycles. The van der Waals surface area contributed by atoms with Crippen molar-refractivity contribution in [2.75, 3.05) is 11.4 Å². The van der Waals surface area contributed by atoms with Crippen LogP contribution >= 0.6 is 0 Å². The molecule has 1 aliphatic heterocycles. The van der Waals surface area contributed by atoms with Gasteiger partial charge in [0, 0.05) is 30.8 Å². The number of fused-ring (bicyclic) bond motifs is 1. The lowest BCUT2D eigenvalue weighted by molar-refractivity contribution is -0.128. The van der Waals surface area contributed by atoms with Crippen molar-refractivity contribution in [2.45, 2.75) is 19.6 Å². The Bertz CT molecular complexity index is 1370. The molecule has 0 saturated carbocycles. The van der Waals surface area contributed by atoms with Crippen LogP contribution in [0.5, 0.6) is 5.75 Å². The van der Waals surface area contributed by atoms with Crippen LogP contribution in [0.15, 0.2) is 85.1 Å². The minimum Gasteiger partial charge on any atom is -0.477 e. The number of hydrogen-bond donors (Lipinski definition) is 1. The fourth-order valence-corrected chi connectivity index (χ4v) is 4.07. The zero-order valence-electron chi connectivity index (χ0n) is 19.0. The highest BCUT2D eigenvalue weighted by Gasteiger charge is 2.32. The van der Waals surface area contributed by atoms with E-state index in [0.717, 1.165) is 16.8 Å². The summed E-state index contributed by atoms with van der Waals surface area (Å²) in [7, 11) is 0. The number of carbonyl (C=O) groups is 2. The van der Waals surface area contributed by atoms with Gasteiger partial charge in [-0.2, -0.15) is 5.10 Å². The maximum Gasteiger partial charge on any atom is 0.263 e. The first-order valence-corrected chi connectivity index (χ1v) is 11.2. The molecule has 1 aliphatic rings. The molecule has 0 radical (unpaired) electrons. The highest BCUT2D eigenvalue weighted by atomic mass is 19.1. The van der Waals surface area contributed by atoms with E-state index in [9.17, 15) is 14.0 Å². The van der Waals surface area contributed by atoms with Gasteiger partial charge in [-0.05, 0) is 48.5 Å². The average Bonchev–Trinajstić information content (AvgIpc) is 3.31. The van der Waals surface area contributed by atoms with Gasteiger partial charge in [0.15, 0.2) is 6.10 Å². The minimum atomic E-state index is -0.854. The summed E-state index contributed by atoms with van der Waals surface area (Å²) in [5.41, 5.74) is 3.63. The molecule has 1 aromatic heterocycles. The monoisotopic (exact) mass is 470 g/mol. The van der Waals surface area contributed by atoms with E-state index in [1.54, 1.807) is 39.9 Å². The van der Waals surface area contributed by atoms with Gasteiger partial charge in [0.1, 0.15) is 11.6 Å². The quantitative estimate of drug-likeness (QED) is 0.476. The summed E-state index contributed by atoms with van der Waals surface area (Å²) >= 11 is 0. The molecular formula is C27H23FN4O3. The second kappa shape index (κ2) is 9.42. The lowest BCUT2D eigenvalue weighted by atomic mass is 10.1. The van der Waals surface area contributed by atoms with E-state index < -0.39 is 6.10 Å². The van der Waals surface area contributed by atoms with Gasteiger partial charge >= 0.3 is 0 Å². The zero-order chi connectivity index (χ0) is 24.4. The average molecular weight is 471 g/mol. The third-order valence-corrected chi connectivity index (χ3v) is 5.83. The van der Waals surface area contributed by atoms with Crippen molar-refractivity contribution < 1.29 is 18.7 Å². The molecule has 0 aliphatic carbocycles. The lowest BCUT2D eigenvalue weighted by Crippen LogP contribution is -2.50. The van der Waals surface area contributed by atoms with Crippen LogP contribution in [-0.2, 0) is 16.1 Å². The van der Waals surface area contributed by atoms with E-state index in [1.807, 2.05) is 42.6 Å². The zero-order valence-corrected chi connectivity index (χ0v) is 19.0. The molecule has 0 bridgehead atoms. The van der Waals surface area contributed by atoms with Crippen LogP contribution in [0.2, 0.25) is 0 Å². The fourth-order valence-electron chi connectivity index (χ4n) is 4.07. The summed E-state index contributed by atoms with van der Waals surface area (Å²) in [5.74, 6) is -0.363. The predicted molar refractivity (Wildman–Crippen MR) is 130 cm³/mol. The van der Waals surface area contributed by atoms with Crippen molar-refractivity contribution in [3.8, 4) is 22.7 Å². The molecule has 4 aromatic rings. The minimum absolute atomic E-state index is 0.117. The van der Waals surface area contributed by atoms with E-state index in [-0.39, 0.29) is 30.7 Å². The number of carbonyl (C=O) groups excluding carboxylic acids is 2. The van der Waals surface area contributed by atoms with Gasteiger partial charge in [-0.3, -0.25) is 9.59 Å². The number of nitrogens with one attached hydrogen (secondary N) is 1. The van der Waals surface area contributed by atoms with Gasteiger partial charge in [-0.1, -0.05) is 30.3 Å². The number of anilines is 1. The molecular weight excluding hydrogens is 447 g/mol. The van der Waals surface area contributed by atoms with E-state index in [4.69, 9.17) is 9.84 Å². The number of rotatable bonds is 5. The number of ether oxygens (including phenoxy) is 1. The first-order valence-electron chi connectivity index (χ1n) is 11.2. The number of benzene rings is 3. The Kier molecular flexibility index (Phi) is 6.01.